The molecule has 1 amide bonds. The highest BCUT2D eigenvalue weighted by atomic mass is 16.6. The Morgan fingerprint density at radius 2 is 1.80 bits per heavy atom. The van der Waals surface area contributed by atoms with Crippen LogP contribution in [0.1, 0.15) is 60.1 Å². The van der Waals surface area contributed by atoms with Crippen LogP contribution in [-0.4, -0.2) is 39.8 Å². The smallest absolute Gasteiger partial charge is 0.407 e. The molecule has 0 spiro atoms. The quantitative estimate of drug-likeness (QED) is 0.580. The fourth-order valence-corrected chi connectivity index (χ4v) is 2.20. The zero-order valence-electron chi connectivity index (χ0n) is 16.1. The van der Waals surface area contributed by atoms with Crippen LogP contribution < -0.4 is 5.32 Å². The fraction of sp³-hybridized carbons (Fsp3) is 0.722. The summed E-state index contributed by atoms with van der Waals surface area (Å²) in [7, 11) is 0. The van der Waals surface area contributed by atoms with Crippen LogP contribution >= 0.6 is 0 Å². The third kappa shape index (κ3) is 9.74. The maximum absolute atomic E-state index is 12.4. The number of nitrogens with one attached hydrogen (secondary N) is 2. The SMILES string of the molecule is CC(C)(C)OC(=O)NCCCC(Cc1c[nH]cn1)C(=O)OC(C)(C)C. The van der Waals surface area contributed by atoms with E-state index < -0.39 is 17.3 Å². The lowest BCUT2D eigenvalue weighted by atomic mass is 9.97. The van der Waals surface area contributed by atoms with Crippen LogP contribution in [0, 0.1) is 5.92 Å². The Labute approximate surface area is 149 Å². The first-order valence-corrected chi connectivity index (χ1v) is 8.63. The summed E-state index contributed by atoms with van der Waals surface area (Å²) in [5.74, 6) is -0.546. The first-order valence-electron chi connectivity index (χ1n) is 8.63. The molecule has 1 aromatic heterocycles. The maximum Gasteiger partial charge on any atom is 0.407 e. The van der Waals surface area contributed by atoms with Crippen molar-refractivity contribution >= 4 is 12.1 Å². The van der Waals surface area contributed by atoms with Crippen molar-refractivity contribution in [1.29, 1.82) is 0 Å². The van der Waals surface area contributed by atoms with Crippen LogP contribution in [0.25, 0.3) is 0 Å². The molecule has 7 heteroatoms. The molecule has 0 aliphatic rings. The van der Waals surface area contributed by atoms with Crippen LogP contribution in [-0.2, 0) is 20.7 Å². The van der Waals surface area contributed by atoms with Gasteiger partial charge in [0.05, 0.1) is 17.9 Å². The molecule has 1 rings (SSSR count). The van der Waals surface area contributed by atoms with Gasteiger partial charge in [-0.15, -0.1) is 0 Å². The lowest BCUT2D eigenvalue weighted by Gasteiger charge is -2.24. The number of rotatable bonds is 7. The monoisotopic (exact) mass is 353 g/mol. The van der Waals surface area contributed by atoms with Gasteiger partial charge in [-0.3, -0.25) is 4.79 Å². The fourth-order valence-electron chi connectivity index (χ4n) is 2.20. The molecule has 1 aromatic rings. The van der Waals surface area contributed by atoms with Gasteiger partial charge in [-0.1, -0.05) is 0 Å². The highest BCUT2D eigenvalue weighted by molar-refractivity contribution is 5.73. The number of carbonyl (C=O) groups excluding carboxylic acids is 2. The van der Waals surface area contributed by atoms with Crippen molar-refractivity contribution in [2.24, 2.45) is 5.92 Å². The molecule has 0 aromatic carbocycles. The standard InChI is InChI=1S/C18H31N3O4/c1-17(2,3)24-15(22)13(10-14-11-19-12-21-14)8-7-9-20-16(23)25-18(4,5)6/h11-13H,7-10H2,1-6H3,(H,19,21)(H,20,23). The van der Waals surface area contributed by atoms with E-state index in [0.717, 1.165) is 5.69 Å². The molecule has 0 fully saturated rings. The minimum absolute atomic E-state index is 0.243. The van der Waals surface area contributed by atoms with Crippen molar-refractivity contribution in [3.05, 3.63) is 18.2 Å². The Kier molecular flexibility index (Phi) is 7.45. The lowest BCUT2D eigenvalue weighted by molar-refractivity contribution is -0.160. The van der Waals surface area contributed by atoms with Gasteiger partial charge < -0.3 is 19.8 Å². The van der Waals surface area contributed by atoms with E-state index in [2.05, 4.69) is 15.3 Å². The van der Waals surface area contributed by atoms with Crippen molar-refractivity contribution in [1.82, 2.24) is 15.3 Å². The van der Waals surface area contributed by atoms with Crippen molar-refractivity contribution in [2.45, 2.75) is 72.0 Å². The van der Waals surface area contributed by atoms with Crippen LogP contribution in [0.15, 0.2) is 12.5 Å². The summed E-state index contributed by atoms with van der Waals surface area (Å²) < 4.78 is 10.7. The van der Waals surface area contributed by atoms with E-state index in [1.807, 2.05) is 41.5 Å². The first-order chi connectivity index (χ1) is 11.5. The Hall–Kier alpha value is -2.05. The van der Waals surface area contributed by atoms with Gasteiger partial charge >= 0.3 is 12.1 Å². The minimum Gasteiger partial charge on any atom is -0.460 e. The average Bonchev–Trinajstić information content (AvgIpc) is 2.91. The molecule has 1 unspecified atom stereocenters. The predicted octanol–water partition coefficient (Wildman–Crippen LogP) is 3.22. The van der Waals surface area contributed by atoms with Gasteiger partial charge in [-0.2, -0.15) is 0 Å². The number of H-pyrrole nitrogens is 1. The zero-order chi connectivity index (χ0) is 19.1. The van der Waals surface area contributed by atoms with Gasteiger partial charge in [0.1, 0.15) is 11.2 Å². The molecule has 0 radical (unpaired) electrons. The summed E-state index contributed by atoms with van der Waals surface area (Å²) >= 11 is 0. The summed E-state index contributed by atoms with van der Waals surface area (Å²) in [6, 6.07) is 0. The third-order valence-electron chi connectivity index (χ3n) is 3.15. The summed E-state index contributed by atoms with van der Waals surface area (Å²) in [6.45, 7) is 11.4. The van der Waals surface area contributed by atoms with Crippen molar-refractivity contribution in [3.63, 3.8) is 0 Å². The van der Waals surface area contributed by atoms with Crippen LogP contribution in [0.5, 0.6) is 0 Å². The van der Waals surface area contributed by atoms with Gasteiger partial charge in [-0.05, 0) is 54.4 Å². The first kappa shape index (κ1) is 21.0. The van der Waals surface area contributed by atoms with Crippen LogP contribution in [0.2, 0.25) is 0 Å². The van der Waals surface area contributed by atoms with E-state index in [4.69, 9.17) is 9.47 Å². The van der Waals surface area contributed by atoms with Crippen molar-refractivity contribution in [3.8, 4) is 0 Å². The normalized spacial score (nSPS) is 13.2. The summed E-state index contributed by atoms with van der Waals surface area (Å²) in [4.78, 5) is 31.1. The highest BCUT2D eigenvalue weighted by Gasteiger charge is 2.26. The number of imidazole rings is 1. The molecular formula is C18H31N3O4. The number of nitrogens with zero attached hydrogens (tertiary/aromatic N) is 1. The van der Waals surface area contributed by atoms with E-state index in [1.165, 1.54) is 0 Å². The van der Waals surface area contributed by atoms with Gasteiger partial charge in [0, 0.05) is 19.2 Å². The zero-order valence-corrected chi connectivity index (χ0v) is 16.1. The van der Waals surface area contributed by atoms with Crippen LogP contribution in [0.4, 0.5) is 4.79 Å². The highest BCUT2D eigenvalue weighted by Crippen LogP contribution is 2.18. The molecule has 25 heavy (non-hydrogen) atoms. The maximum atomic E-state index is 12.4. The molecule has 2 N–H and O–H groups in total. The predicted molar refractivity (Wildman–Crippen MR) is 95.1 cm³/mol. The number of hydrogen-bond acceptors (Lipinski definition) is 5. The number of aromatic nitrogens is 2. The number of alkyl carbamates (subject to hydrolysis) is 1. The van der Waals surface area contributed by atoms with E-state index in [0.29, 0.717) is 25.8 Å². The number of esters is 1. The molecule has 1 atom stereocenters. The number of carbonyl (C=O) groups is 2. The molecule has 1 heterocycles. The van der Waals surface area contributed by atoms with Crippen molar-refractivity contribution < 1.29 is 19.1 Å². The Bertz CT molecular complexity index is 542. The Morgan fingerprint density at radius 1 is 1.16 bits per heavy atom. The number of amides is 1. The molecule has 0 aliphatic carbocycles. The van der Waals surface area contributed by atoms with Gasteiger partial charge in [0.2, 0.25) is 0 Å². The molecule has 0 saturated heterocycles. The number of hydrogen-bond donors (Lipinski definition) is 2. The second-order valence-corrected chi connectivity index (χ2v) is 8.07. The van der Waals surface area contributed by atoms with E-state index in [1.54, 1.807) is 12.5 Å². The van der Waals surface area contributed by atoms with Crippen LogP contribution in [0.3, 0.4) is 0 Å². The van der Waals surface area contributed by atoms with Gasteiger partial charge in [0.15, 0.2) is 0 Å². The topological polar surface area (TPSA) is 93.3 Å². The number of aromatic amines is 1. The van der Waals surface area contributed by atoms with Gasteiger partial charge in [0.25, 0.3) is 0 Å². The molecule has 0 saturated carbocycles. The Balaban J connectivity index is 2.50. The van der Waals surface area contributed by atoms with E-state index in [9.17, 15) is 9.59 Å². The minimum atomic E-state index is -0.532. The second kappa shape index (κ2) is 8.87. The van der Waals surface area contributed by atoms with E-state index in [-0.39, 0.29) is 11.9 Å². The molecule has 7 nitrogen and oxygen atoms in total. The summed E-state index contributed by atoms with van der Waals surface area (Å²) in [5, 5.41) is 2.71. The molecule has 0 aliphatic heterocycles. The third-order valence-corrected chi connectivity index (χ3v) is 3.15. The number of ether oxygens (including phenoxy) is 2. The second-order valence-electron chi connectivity index (χ2n) is 8.07. The largest absolute Gasteiger partial charge is 0.460 e. The molecule has 142 valence electrons. The average molecular weight is 353 g/mol. The summed E-state index contributed by atoms with van der Waals surface area (Å²) in [5.41, 5.74) is -0.241. The van der Waals surface area contributed by atoms with Gasteiger partial charge in [-0.25, -0.2) is 9.78 Å². The van der Waals surface area contributed by atoms with Crippen molar-refractivity contribution in [2.75, 3.05) is 6.54 Å². The lowest BCUT2D eigenvalue weighted by Crippen LogP contribution is -2.34. The Morgan fingerprint density at radius 3 is 2.32 bits per heavy atom. The summed E-state index contributed by atoms with van der Waals surface area (Å²) in [6.07, 6.45) is 4.66. The van der Waals surface area contributed by atoms with E-state index >= 15 is 0 Å². The molecular weight excluding hydrogens is 322 g/mol. The molecule has 0 bridgehead atoms.